The van der Waals surface area contributed by atoms with Gasteiger partial charge in [0.25, 0.3) is 11.7 Å². The SMILES string of the molecule is Cc1c(C(=O)C(N)=O)c2c(OCC(O)OC(C)(C)C)cccc2n1CCCCO. The molecule has 0 saturated heterocycles. The number of aromatic nitrogens is 1. The van der Waals surface area contributed by atoms with Gasteiger partial charge in [0.05, 0.1) is 22.1 Å². The summed E-state index contributed by atoms with van der Waals surface area (Å²) in [6, 6.07) is 5.27. The number of aliphatic hydroxyl groups is 2. The van der Waals surface area contributed by atoms with Gasteiger partial charge in [-0.15, -0.1) is 0 Å². The Morgan fingerprint density at radius 3 is 2.52 bits per heavy atom. The second-order valence-corrected chi connectivity index (χ2v) is 7.88. The van der Waals surface area contributed by atoms with Crippen LogP contribution in [0.5, 0.6) is 5.75 Å². The van der Waals surface area contributed by atoms with E-state index in [0.29, 0.717) is 41.7 Å². The number of nitrogens with zero attached hydrogens (tertiary/aromatic N) is 1. The Morgan fingerprint density at radius 2 is 1.93 bits per heavy atom. The second kappa shape index (κ2) is 9.39. The predicted molar refractivity (Wildman–Crippen MR) is 109 cm³/mol. The number of hydrogen-bond donors (Lipinski definition) is 3. The van der Waals surface area contributed by atoms with Crippen LogP contribution in [-0.2, 0) is 16.1 Å². The molecular formula is C21H30N2O6. The van der Waals surface area contributed by atoms with Crippen LogP contribution < -0.4 is 10.5 Å². The lowest BCUT2D eigenvalue weighted by Gasteiger charge is -2.24. The molecule has 1 unspecified atom stereocenters. The number of benzene rings is 1. The summed E-state index contributed by atoms with van der Waals surface area (Å²) in [7, 11) is 0. The minimum atomic E-state index is -1.16. The monoisotopic (exact) mass is 406 g/mol. The van der Waals surface area contributed by atoms with Crippen LogP contribution >= 0.6 is 0 Å². The van der Waals surface area contributed by atoms with Gasteiger partial charge in [0.2, 0.25) is 0 Å². The molecule has 1 aromatic carbocycles. The van der Waals surface area contributed by atoms with Crippen molar-refractivity contribution in [3.05, 3.63) is 29.5 Å². The third kappa shape index (κ3) is 5.56. The van der Waals surface area contributed by atoms with Crippen molar-refractivity contribution in [2.45, 2.75) is 59.0 Å². The number of ketones is 1. The van der Waals surface area contributed by atoms with Gasteiger partial charge in [0, 0.05) is 18.8 Å². The number of nitrogens with two attached hydrogens (primary N) is 1. The normalized spacial score (nSPS) is 12.9. The maximum Gasteiger partial charge on any atom is 0.289 e. The largest absolute Gasteiger partial charge is 0.488 e. The van der Waals surface area contributed by atoms with Crippen LogP contribution in [0.2, 0.25) is 0 Å². The molecule has 0 spiro atoms. The molecule has 8 heteroatoms. The van der Waals surface area contributed by atoms with Gasteiger partial charge in [-0.1, -0.05) is 6.07 Å². The third-order valence-electron chi connectivity index (χ3n) is 4.42. The standard InChI is InChI=1S/C21H30N2O6/c1-13-17(19(26)20(22)27)18-14(23(13)10-5-6-11-24)8-7-9-15(18)28-12-16(25)29-21(2,3)4/h7-9,16,24-25H,5-6,10-12H2,1-4H3,(H2,22,27). The van der Waals surface area contributed by atoms with Crippen LogP contribution in [-0.4, -0.2) is 51.6 Å². The van der Waals surface area contributed by atoms with Crippen LogP contribution in [0, 0.1) is 6.92 Å². The number of primary amides is 1. The summed E-state index contributed by atoms with van der Waals surface area (Å²) in [6.07, 6.45) is 0.160. The highest BCUT2D eigenvalue weighted by Crippen LogP contribution is 2.34. The van der Waals surface area contributed by atoms with Crippen LogP contribution in [0.15, 0.2) is 18.2 Å². The fraction of sp³-hybridized carbons (Fsp3) is 0.524. The number of Topliss-reactive ketones (excluding diaryl/α,β-unsaturated/α-hetero) is 1. The van der Waals surface area contributed by atoms with E-state index in [1.54, 1.807) is 19.1 Å². The van der Waals surface area contributed by atoms with Gasteiger partial charge < -0.3 is 30.0 Å². The van der Waals surface area contributed by atoms with E-state index in [9.17, 15) is 14.7 Å². The molecule has 0 saturated carbocycles. The number of amides is 1. The average Bonchev–Trinajstić information content (AvgIpc) is 2.90. The number of aliphatic hydroxyl groups excluding tert-OH is 2. The van der Waals surface area contributed by atoms with E-state index < -0.39 is 23.6 Å². The number of hydrogen-bond acceptors (Lipinski definition) is 6. The van der Waals surface area contributed by atoms with Gasteiger partial charge in [-0.25, -0.2) is 0 Å². The fourth-order valence-electron chi connectivity index (χ4n) is 3.29. The number of carbonyl (C=O) groups excluding carboxylic acids is 2. The molecule has 29 heavy (non-hydrogen) atoms. The van der Waals surface area contributed by atoms with Crippen molar-refractivity contribution in [2.75, 3.05) is 13.2 Å². The Kier molecular flexibility index (Phi) is 7.40. The molecule has 0 aliphatic carbocycles. The van der Waals surface area contributed by atoms with Gasteiger partial charge in [0.1, 0.15) is 12.4 Å². The number of unbranched alkanes of at least 4 members (excludes halogenated alkanes) is 1. The van der Waals surface area contributed by atoms with Crippen molar-refractivity contribution in [1.82, 2.24) is 4.57 Å². The first kappa shape index (κ1) is 22.9. The molecule has 1 atom stereocenters. The molecule has 0 aliphatic heterocycles. The van der Waals surface area contributed by atoms with Crippen molar-refractivity contribution in [1.29, 1.82) is 0 Å². The van der Waals surface area contributed by atoms with Crippen molar-refractivity contribution in [3.63, 3.8) is 0 Å². The predicted octanol–water partition coefficient (Wildman–Crippen LogP) is 1.90. The molecular weight excluding hydrogens is 376 g/mol. The molecule has 160 valence electrons. The van der Waals surface area contributed by atoms with E-state index in [-0.39, 0.29) is 18.8 Å². The molecule has 1 amide bonds. The first-order valence-electron chi connectivity index (χ1n) is 9.62. The zero-order valence-electron chi connectivity index (χ0n) is 17.4. The molecule has 2 aromatic rings. The highest BCUT2D eigenvalue weighted by atomic mass is 16.6. The summed E-state index contributed by atoms with van der Waals surface area (Å²) in [6.45, 7) is 7.69. The lowest BCUT2D eigenvalue weighted by Crippen LogP contribution is -2.31. The average molecular weight is 406 g/mol. The minimum absolute atomic E-state index is 0.0748. The van der Waals surface area contributed by atoms with Crippen LogP contribution in [0.3, 0.4) is 0 Å². The lowest BCUT2D eigenvalue weighted by molar-refractivity contribution is -0.178. The summed E-state index contributed by atoms with van der Waals surface area (Å²) in [5.41, 5.74) is 6.23. The zero-order chi connectivity index (χ0) is 21.8. The number of ether oxygens (including phenoxy) is 2. The van der Waals surface area contributed by atoms with E-state index in [1.165, 1.54) is 0 Å². The molecule has 1 aromatic heterocycles. The molecule has 4 N–H and O–H groups in total. The van der Waals surface area contributed by atoms with Gasteiger partial charge >= 0.3 is 0 Å². The van der Waals surface area contributed by atoms with Crippen molar-refractivity contribution in [2.24, 2.45) is 5.73 Å². The fourth-order valence-corrected chi connectivity index (χ4v) is 3.29. The molecule has 8 nitrogen and oxygen atoms in total. The molecule has 0 aliphatic rings. The number of carbonyl (C=O) groups is 2. The Bertz CT molecular complexity index is 881. The van der Waals surface area contributed by atoms with Crippen LogP contribution in [0.1, 0.15) is 49.7 Å². The van der Waals surface area contributed by atoms with Gasteiger partial charge in [0.15, 0.2) is 6.29 Å². The summed E-state index contributed by atoms with van der Waals surface area (Å²) in [4.78, 5) is 24.2. The quantitative estimate of drug-likeness (QED) is 0.240. The third-order valence-corrected chi connectivity index (χ3v) is 4.42. The Labute approximate surface area is 170 Å². The molecule has 2 rings (SSSR count). The Morgan fingerprint density at radius 1 is 1.24 bits per heavy atom. The highest BCUT2D eigenvalue weighted by molar-refractivity contribution is 6.45. The van der Waals surface area contributed by atoms with E-state index in [2.05, 4.69) is 0 Å². The molecule has 1 heterocycles. The van der Waals surface area contributed by atoms with Crippen LogP contribution in [0.25, 0.3) is 10.9 Å². The molecule has 0 fully saturated rings. The molecule has 0 bridgehead atoms. The maximum absolute atomic E-state index is 12.5. The van der Waals surface area contributed by atoms with E-state index in [1.807, 2.05) is 31.4 Å². The zero-order valence-corrected chi connectivity index (χ0v) is 17.4. The molecule has 0 radical (unpaired) electrons. The maximum atomic E-state index is 12.5. The summed E-state index contributed by atoms with van der Waals surface area (Å²) >= 11 is 0. The second-order valence-electron chi connectivity index (χ2n) is 7.88. The van der Waals surface area contributed by atoms with E-state index in [0.717, 1.165) is 0 Å². The number of fused-ring (bicyclic) bond motifs is 1. The number of aryl methyl sites for hydroxylation is 1. The Balaban J connectivity index is 2.47. The van der Waals surface area contributed by atoms with Crippen LogP contribution in [0.4, 0.5) is 0 Å². The minimum Gasteiger partial charge on any atom is -0.488 e. The summed E-state index contributed by atoms with van der Waals surface area (Å²) < 4.78 is 13.1. The van der Waals surface area contributed by atoms with Gasteiger partial charge in [-0.3, -0.25) is 9.59 Å². The van der Waals surface area contributed by atoms with E-state index >= 15 is 0 Å². The van der Waals surface area contributed by atoms with Crippen molar-refractivity contribution >= 4 is 22.6 Å². The van der Waals surface area contributed by atoms with Crippen molar-refractivity contribution < 1.29 is 29.3 Å². The Hall–Kier alpha value is -2.42. The lowest BCUT2D eigenvalue weighted by atomic mass is 10.1. The van der Waals surface area contributed by atoms with E-state index in [4.69, 9.17) is 20.3 Å². The number of rotatable bonds is 10. The van der Waals surface area contributed by atoms with Gasteiger partial charge in [-0.2, -0.15) is 0 Å². The first-order valence-corrected chi connectivity index (χ1v) is 9.62. The summed E-state index contributed by atoms with van der Waals surface area (Å²) in [5.74, 6) is -1.49. The first-order chi connectivity index (χ1) is 13.6. The van der Waals surface area contributed by atoms with Crippen molar-refractivity contribution in [3.8, 4) is 5.75 Å². The summed E-state index contributed by atoms with van der Waals surface area (Å²) in [5, 5.41) is 19.6. The van der Waals surface area contributed by atoms with Gasteiger partial charge in [-0.05, 0) is 52.7 Å². The smallest absolute Gasteiger partial charge is 0.289 e. The topological polar surface area (TPSA) is 124 Å². The highest BCUT2D eigenvalue weighted by Gasteiger charge is 2.26.